The number of nitrogens with two attached hydrogens (primary N) is 1. The second kappa shape index (κ2) is 6.83. The van der Waals surface area contributed by atoms with E-state index >= 15 is 0 Å². The van der Waals surface area contributed by atoms with Gasteiger partial charge in [0.05, 0.1) is 0 Å². The molecule has 0 radical (unpaired) electrons. The molecule has 0 aromatic heterocycles. The largest absolute Gasteiger partial charge is 0.327 e. The fourth-order valence-corrected chi connectivity index (χ4v) is 2.49. The third kappa shape index (κ3) is 4.73. The zero-order valence-electron chi connectivity index (χ0n) is 11.4. The predicted octanol–water partition coefficient (Wildman–Crippen LogP) is 3.91. The summed E-state index contributed by atoms with van der Waals surface area (Å²) in [5.74, 6) is -0.408. The van der Waals surface area contributed by atoms with Crippen molar-refractivity contribution in [3.8, 4) is 0 Å². The summed E-state index contributed by atoms with van der Waals surface area (Å²) in [6, 6.07) is 4.14. The van der Waals surface area contributed by atoms with Crippen molar-refractivity contribution in [2.24, 2.45) is 17.6 Å². The van der Waals surface area contributed by atoms with Gasteiger partial charge in [-0.3, -0.25) is 0 Å². The lowest BCUT2D eigenvalue weighted by atomic mass is 9.90. The minimum Gasteiger partial charge on any atom is -0.327 e. The maximum atomic E-state index is 13.5. The smallest absolute Gasteiger partial charge is 0.162 e. The quantitative estimate of drug-likeness (QED) is 0.819. The molecule has 0 amide bonds. The van der Waals surface area contributed by atoms with Crippen LogP contribution in [0.3, 0.4) is 0 Å². The molecule has 2 N–H and O–H groups in total. The zero-order chi connectivity index (χ0) is 13.7. The molecule has 0 saturated carbocycles. The van der Waals surface area contributed by atoms with E-state index < -0.39 is 11.6 Å². The van der Waals surface area contributed by atoms with Crippen molar-refractivity contribution in [1.82, 2.24) is 0 Å². The predicted molar refractivity (Wildman–Crippen MR) is 71.3 cm³/mol. The van der Waals surface area contributed by atoms with E-state index in [1.54, 1.807) is 6.07 Å². The Hall–Kier alpha value is -0.960. The summed E-state index contributed by atoms with van der Waals surface area (Å²) in [5.41, 5.74) is 6.39. The minimum absolute atomic E-state index is 0.116. The Balaban J connectivity index is 2.54. The van der Waals surface area contributed by atoms with E-state index in [1.807, 2.05) is 0 Å². The van der Waals surface area contributed by atoms with Crippen LogP contribution < -0.4 is 5.73 Å². The Labute approximate surface area is 108 Å². The SMILES string of the molecule is CC(C)CC(C)CC(N)Cc1cccc(F)c1F. The summed E-state index contributed by atoms with van der Waals surface area (Å²) < 4.78 is 26.5. The van der Waals surface area contributed by atoms with E-state index in [9.17, 15) is 8.78 Å². The van der Waals surface area contributed by atoms with Gasteiger partial charge in [0.2, 0.25) is 0 Å². The highest BCUT2D eigenvalue weighted by Gasteiger charge is 2.14. The van der Waals surface area contributed by atoms with Gasteiger partial charge in [-0.15, -0.1) is 0 Å². The Bertz CT molecular complexity index is 377. The van der Waals surface area contributed by atoms with E-state index in [-0.39, 0.29) is 6.04 Å². The first-order valence-electron chi connectivity index (χ1n) is 6.58. The maximum Gasteiger partial charge on any atom is 0.162 e. The van der Waals surface area contributed by atoms with Crippen LogP contribution in [0.15, 0.2) is 18.2 Å². The van der Waals surface area contributed by atoms with Gasteiger partial charge in [-0.2, -0.15) is 0 Å². The molecule has 0 aliphatic carbocycles. The van der Waals surface area contributed by atoms with Crippen molar-refractivity contribution in [2.45, 2.75) is 46.1 Å². The van der Waals surface area contributed by atoms with Crippen molar-refractivity contribution in [3.05, 3.63) is 35.4 Å². The Morgan fingerprint density at radius 2 is 1.78 bits per heavy atom. The van der Waals surface area contributed by atoms with Gasteiger partial charge in [-0.25, -0.2) is 8.78 Å². The third-order valence-corrected chi connectivity index (χ3v) is 3.09. The van der Waals surface area contributed by atoms with Crippen LogP contribution in [0.2, 0.25) is 0 Å². The highest BCUT2D eigenvalue weighted by Crippen LogP contribution is 2.19. The summed E-state index contributed by atoms with van der Waals surface area (Å²) in [6.45, 7) is 6.50. The molecule has 0 aliphatic heterocycles. The van der Waals surface area contributed by atoms with Gasteiger partial charge in [0, 0.05) is 6.04 Å². The number of halogens is 2. The molecule has 0 fully saturated rings. The molecule has 0 aliphatic rings. The molecular weight excluding hydrogens is 232 g/mol. The first kappa shape index (κ1) is 15.1. The molecular formula is C15H23F2N. The number of rotatable bonds is 6. The Morgan fingerprint density at radius 1 is 1.11 bits per heavy atom. The lowest BCUT2D eigenvalue weighted by Gasteiger charge is -2.19. The normalized spacial score (nSPS) is 14.8. The van der Waals surface area contributed by atoms with Gasteiger partial charge in [0.25, 0.3) is 0 Å². The van der Waals surface area contributed by atoms with Gasteiger partial charge in [-0.1, -0.05) is 32.9 Å². The molecule has 2 unspecified atom stereocenters. The molecule has 2 atom stereocenters. The van der Waals surface area contributed by atoms with E-state index in [2.05, 4.69) is 20.8 Å². The molecule has 0 bridgehead atoms. The van der Waals surface area contributed by atoms with Crippen LogP contribution in [0.1, 0.15) is 39.2 Å². The third-order valence-electron chi connectivity index (χ3n) is 3.09. The average Bonchev–Trinajstić information content (AvgIpc) is 2.23. The fraction of sp³-hybridized carbons (Fsp3) is 0.600. The van der Waals surface area contributed by atoms with Gasteiger partial charge in [-0.05, 0) is 42.7 Å². The molecule has 0 heterocycles. The molecule has 0 saturated heterocycles. The minimum atomic E-state index is -0.796. The fourth-order valence-electron chi connectivity index (χ4n) is 2.49. The summed E-state index contributed by atoms with van der Waals surface area (Å²) in [5, 5.41) is 0. The molecule has 102 valence electrons. The van der Waals surface area contributed by atoms with Gasteiger partial charge in [0.15, 0.2) is 11.6 Å². The monoisotopic (exact) mass is 255 g/mol. The van der Waals surface area contributed by atoms with Gasteiger partial charge >= 0.3 is 0 Å². The lowest BCUT2D eigenvalue weighted by molar-refractivity contribution is 0.380. The summed E-state index contributed by atoms with van der Waals surface area (Å²) in [7, 11) is 0. The molecule has 1 nitrogen and oxygen atoms in total. The summed E-state index contributed by atoms with van der Waals surface area (Å²) in [6.07, 6.45) is 2.35. The average molecular weight is 255 g/mol. The molecule has 18 heavy (non-hydrogen) atoms. The Kier molecular flexibility index (Phi) is 5.73. The highest BCUT2D eigenvalue weighted by molar-refractivity contribution is 5.19. The van der Waals surface area contributed by atoms with Crippen molar-refractivity contribution < 1.29 is 8.78 Å². The zero-order valence-corrected chi connectivity index (χ0v) is 11.4. The molecule has 0 spiro atoms. The van der Waals surface area contributed by atoms with Crippen molar-refractivity contribution in [3.63, 3.8) is 0 Å². The number of benzene rings is 1. The molecule has 1 aromatic carbocycles. The van der Waals surface area contributed by atoms with E-state index in [4.69, 9.17) is 5.73 Å². The van der Waals surface area contributed by atoms with E-state index in [1.165, 1.54) is 6.07 Å². The maximum absolute atomic E-state index is 13.5. The Morgan fingerprint density at radius 3 is 2.39 bits per heavy atom. The molecule has 1 rings (SSSR count). The van der Waals surface area contributed by atoms with Crippen LogP contribution in [-0.4, -0.2) is 6.04 Å². The first-order chi connectivity index (χ1) is 8.40. The summed E-state index contributed by atoms with van der Waals surface area (Å²) >= 11 is 0. The first-order valence-corrected chi connectivity index (χ1v) is 6.58. The summed E-state index contributed by atoms with van der Waals surface area (Å²) in [4.78, 5) is 0. The second-order valence-electron chi connectivity index (χ2n) is 5.65. The van der Waals surface area contributed by atoms with Crippen LogP contribution in [0.4, 0.5) is 8.78 Å². The number of hydrogen-bond donors (Lipinski definition) is 1. The lowest BCUT2D eigenvalue weighted by Crippen LogP contribution is -2.26. The number of hydrogen-bond acceptors (Lipinski definition) is 1. The molecule has 1 aromatic rings. The van der Waals surface area contributed by atoms with E-state index in [0.717, 1.165) is 18.9 Å². The van der Waals surface area contributed by atoms with Crippen LogP contribution in [0.5, 0.6) is 0 Å². The second-order valence-corrected chi connectivity index (χ2v) is 5.65. The van der Waals surface area contributed by atoms with Crippen LogP contribution >= 0.6 is 0 Å². The van der Waals surface area contributed by atoms with Crippen LogP contribution in [0.25, 0.3) is 0 Å². The topological polar surface area (TPSA) is 26.0 Å². The van der Waals surface area contributed by atoms with Crippen molar-refractivity contribution in [1.29, 1.82) is 0 Å². The van der Waals surface area contributed by atoms with Gasteiger partial charge < -0.3 is 5.73 Å². The molecule has 3 heteroatoms. The van der Waals surface area contributed by atoms with Crippen molar-refractivity contribution >= 4 is 0 Å². The van der Waals surface area contributed by atoms with Crippen LogP contribution in [-0.2, 0) is 6.42 Å². The van der Waals surface area contributed by atoms with Gasteiger partial charge in [0.1, 0.15) is 0 Å². The van der Waals surface area contributed by atoms with Crippen molar-refractivity contribution in [2.75, 3.05) is 0 Å². The standard InChI is InChI=1S/C15H23F2N/c1-10(2)7-11(3)8-13(18)9-12-5-4-6-14(16)15(12)17/h4-6,10-11,13H,7-9,18H2,1-3H3. The van der Waals surface area contributed by atoms with Crippen LogP contribution in [0, 0.1) is 23.5 Å². The highest BCUT2D eigenvalue weighted by atomic mass is 19.2. The van der Waals surface area contributed by atoms with E-state index in [0.29, 0.717) is 23.8 Å².